The summed E-state index contributed by atoms with van der Waals surface area (Å²) in [5, 5.41) is 15.6. The second kappa shape index (κ2) is 10.9. The minimum atomic E-state index is -0.557. The molecule has 6 heteroatoms. The molecule has 1 aliphatic carbocycles. The number of aryl methyl sites for hydroxylation is 2. The molecule has 0 radical (unpaired) electrons. The molecule has 1 atom stereocenters. The molecule has 0 aliphatic heterocycles. The van der Waals surface area contributed by atoms with Crippen LogP contribution in [0.5, 0.6) is 11.6 Å². The summed E-state index contributed by atoms with van der Waals surface area (Å²) in [6.07, 6.45) is 1.94. The second-order valence-electron chi connectivity index (χ2n) is 10.7. The molecule has 4 rings (SSSR count). The topological polar surface area (TPSA) is 59.8 Å². The molecule has 35 heavy (non-hydrogen) atoms. The molecule has 0 spiro atoms. The van der Waals surface area contributed by atoms with Gasteiger partial charge in [-0.2, -0.15) is 5.10 Å². The van der Waals surface area contributed by atoms with Gasteiger partial charge in [-0.15, -0.1) is 0 Å². The molecule has 1 N–H and O–H groups in total. The van der Waals surface area contributed by atoms with Crippen molar-refractivity contribution >= 4 is 0 Å². The van der Waals surface area contributed by atoms with Crippen molar-refractivity contribution in [1.29, 1.82) is 0 Å². The monoisotopic (exact) mass is 477 g/mol. The summed E-state index contributed by atoms with van der Waals surface area (Å²) in [4.78, 5) is 2.33. The molecular weight excluding hydrogens is 438 g/mol. The first-order valence-electron chi connectivity index (χ1n) is 12.6. The van der Waals surface area contributed by atoms with Crippen LogP contribution in [-0.4, -0.2) is 51.2 Å². The largest absolute Gasteiger partial charge is 0.439 e. The van der Waals surface area contributed by atoms with Gasteiger partial charge in [0.05, 0.1) is 35.3 Å². The summed E-state index contributed by atoms with van der Waals surface area (Å²) in [6.45, 7) is 12.6. The van der Waals surface area contributed by atoms with Gasteiger partial charge >= 0.3 is 0 Å². The number of benzene rings is 2. The Labute approximate surface area is 209 Å². The molecule has 3 aromatic rings. The highest BCUT2D eigenvalue weighted by Crippen LogP contribution is 2.34. The van der Waals surface area contributed by atoms with Gasteiger partial charge in [-0.05, 0) is 77.6 Å². The van der Waals surface area contributed by atoms with Crippen LogP contribution in [0.4, 0.5) is 0 Å². The summed E-state index contributed by atoms with van der Waals surface area (Å²) in [5.74, 6) is 2.19. The number of aliphatic hydroxyl groups is 1. The highest BCUT2D eigenvalue weighted by atomic mass is 16.5. The van der Waals surface area contributed by atoms with E-state index < -0.39 is 6.10 Å². The van der Waals surface area contributed by atoms with Gasteiger partial charge in [-0.3, -0.25) is 4.90 Å². The highest BCUT2D eigenvalue weighted by Gasteiger charge is 2.28. The van der Waals surface area contributed by atoms with E-state index in [9.17, 15) is 5.11 Å². The zero-order valence-electron chi connectivity index (χ0n) is 21.7. The fourth-order valence-corrected chi connectivity index (χ4v) is 4.08. The lowest BCUT2D eigenvalue weighted by Gasteiger charge is -2.27. The van der Waals surface area contributed by atoms with Gasteiger partial charge in [0.2, 0.25) is 5.88 Å². The Morgan fingerprint density at radius 3 is 2.37 bits per heavy atom. The van der Waals surface area contributed by atoms with Gasteiger partial charge in [-0.25, -0.2) is 4.68 Å². The summed E-state index contributed by atoms with van der Waals surface area (Å²) >= 11 is 0. The molecule has 6 nitrogen and oxygen atoms in total. The van der Waals surface area contributed by atoms with Crippen LogP contribution < -0.4 is 4.74 Å². The van der Waals surface area contributed by atoms with Gasteiger partial charge in [0.1, 0.15) is 5.75 Å². The smallest absolute Gasteiger partial charge is 0.227 e. The molecule has 1 heterocycles. The highest BCUT2D eigenvalue weighted by molar-refractivity contribution is 5.43. The Balaban J connectivity index is 1.61. The van der Waals surface area contributed by atoms with Crippen LogP contribution in [0.3, 0.4) is 0 Å². The van der Waals surface area contributed by atoms with Crippen molar-refractivity contribution in [2.45, 2.75) is 65.7 Å². The van der Waals surface area contributed by atoms with E-state index in [2.05, 4.69) is 24.0 Å². The van der Waals surface area contributed by atoms with Crippen LogP contribution in [0.2, 0.25) is 0 Å². The number of para-hydroxylation sites is 1. The van der Waals surface area contributed by atoms with Crippen molar-refractivity contribution in [3.63, 3.8) is 0 Å². The van der Waals surface area contributed by atoms with Gasteiger partial charge in [0.15, 0.2) is 0 Å². The number of nitrogens with zero attached hydrogens (tertiary/aromatic N) is 3. The van der Waals surface area contributed by atoms with E-state index in [4.69, 9.17) is 14.6 Å². The minimum absolute atomic E-state index is 0.273. The van der Waals surface area contributed by atoms with Crippen molar-refractivity contribution in [3.8, 4) is 17.3 Å². The van der Waals surface area contributed by atoms with E-state index in [0.717, 1.165) is 35.1 Å². The second-order valence-corrected chi connectivity index (χ2v) is 10.7. The van der Waals surface area contributed by atoms with Gasteiger partial charge < -0.3 is 14.6 Å². The first-order valence-corrected chi connectivity index (χ1v) is 12.6. The van der Waals surface area contributed by atoms with Crippen molar-refractivity contribution in [2.75, 3.05) is 19.7 Å². The first-order chi connectivity index (χ1) is 16.7. The third kappa shape index (κ3) is 7.40. The zero-order chi connectivity index (χ0) is 25.0. The van der Waals surface area contributed by atoms with E-state index in [1.807, 2.05) is 74.8 Å². The van der Waals surface area contributed by atoms with Gasteiger partial charge in [0.25, 0.3) is 0 Å². The van der Waals surface area contributed by atoms with Crippen molar-refractivity contribution in [3.05, 3.63) is 71.4 Å². The molecule has 0 unspecified atom stereocenters. The van der Waals surface area contributed by atoms with Crippen molar-refractivity contribution in [2.24, 2.45) is 5.92 Å². The maximum atomic E-state index is 10.8. The van der Waals surface area contributed by atoms with Crippen LogP contribution >= 0.6 is 0 Å². The fraction of sp³-hybridized carbons (Fsp3) is 0.483. The zero-order valence-corrected chi connectivity index (χ0v) is 21.7. The number of hydrogen-bond acceptors (Lipinski definition) is 5. The minimum Gasteiger partial charge on any atom is -0.439 e. The Bertz CT molecular complexity index is 1080. The normalized spacial score (nSPS) is 14.9. The lowest BCUT2D eigenvalue weighted by molar-refractivity contribution is -0.0569. The third-order valence-electron chi connectivity index (χ3n) is 6.15. The predicted octanol–water partition coefficient (Wildman–Crippen LogP) is 5.67. The van der Waals surface area contributed by atoms with E-state index in [1.165, 1.54) is 18.4 Å². The number of aliphatic hydroxyl groups excluding tert-OH is 1. The number of aromatic nitrogens is 2. The standard InChI is InChI=1S/C29H39N3O3/c1-21-11-15-26(16-12-21)35-28-27(22(2)30-32(28)24-9-7-6-8-10-24)19-31(17-23-13-14-23)18-25(33)20-34-29(3,4)5/h6-12,15-16,23,25,33H,13-14,17-20H2,1-5H3/t25-/m1/s1. The van der Waals surface area contributed by atoms with Gasteiger partial charge in [-0.1, -0.05) is 35.9 Å². The molecule has 188 valence electrons. The Hall–Kier alpha value is -2.67. The van der Waals surface area contributed by atoms with Crippen LogP contribution in [0.25, 0.3) is 5.69 Å². The molecule has 1 aliphatic rings. The Kier molecular flexibility index (Phi) is 7.95. The van der Waals surface area contributed by atoms with Gasteiger partial charge in [0, 0.05) is 19.6 Å². The summed E-state index contributed by atoms with van der Waals surface area (Å²) in [5.41, 5.74) is 3.84. The summed E-state index contributed by atoms with van der Waals surface area (Å²) in [7, 11) is 0. The molecule has 1 aromatic heterocycles. The third-order valence-corrected chi connectivity index (χ3v) is 6.15. The first kappa shape index (κ1) is 25.4. The number of ether oxygens (including phenoxy) is 2. The molecule has 2 aromatic carbocycles. The van der Waals surface area contributed by atoms with Crippen LogP contribution in [0.1, 0.15) is 50.4 Å². The molecule has 0 bridgehead atoms. The quantitative estimate of drug-likeness (QED) is 0.386. The lowest BCUT2D eigenvalue weighted by atomic mass is 10.2. The summed E-state index contributed by atoms with van der Waals surface area (Å²) < 4.78 is 14.2. The average Bonchev–Trinajstić information content (AvgIpc) is 3.58. The molecule has 1 fully saturated rings. The fourth-order valence-electron chi connectivity index (χ4n) is 4.08. The predicted molar refractivity (Wildman–Crippen MR) is 139 cm³/mol. The van der Waals surface area contributed by atoms with Crippen molar-refractivity contribution in [1.82, 2.24) is 14.7 Å². The maximum absolute atomic E-state index is 10.8. The number of hydrogen-bond donors (Lipinski definition) is 1. The van der Waals surface area contributed by atoms with Crippen molar-refractivity contribution < 1.29 is 14.6 Å². The van der Waals surface area contributed by atoms with Crippen LogP contribution in [0, 0.1) is 19.8 Å². The molecule has 1 saturated carbocycles. The number of rotatable bonds is 11. The maximum Gasteiger partial charge on any atom is 0.227 e. The van der Waals surface area contributed by atoms with Crippen LogP contribution in [0.15, 0.2) is 54.6 Å². The molecule has 0 saturated heterocycles. The van der Waals surface area contributed by atoms with E-state index >= 15 is 0 Å². The molecular formula is C29H39N3O3. The van der Waals surface area contributed by atoms with E-state index in [1.54, 1.807) is 0 Å². The summed E-state index contributed by atoms with van der Waals surface area (Å²) in [6, 6.07) is 18.2. The van der Waals surface area contributed by atoms with E-state index in [-0.39, 0.29) is 5.60 Å². The lowest BCUT2D eigenvalue weighted by Crippen LogP contribution is -2.37. The SMILES string of the molecule is Cc1ccc(Oc2c(CN(CC3CC3)C[C@@H](O)COC(C)(C)C)c(C)nn2-c2ccccc2)cc1. The Morgan fingerprint density at radius 1 is 1.06 bits per heavy atom. The Morgan fingerprint density at radius 2 is 1.74 bits per heavy atom. The molecule has 0 amide bonds. The average molecular weight is 478 g/mol. The van der Waals surface area contributed by atoms with Crippen LogP contribution in [-0.2, 0) is 11.3 Å². The van der Waals surface area contributed by atoms with E-state index in [0.29, 0.717) is 25.6 Å².